The van der Waals surface area contributed by atoms with Gasteiger partial charge in [-0.15, -0.1) is 12.4 Å². The minimum Gasteiger partial charge on any atom is -0.310 e. The number of hydrogen-bond acceptors (Lipinski definition) is 1. The fourth-order valence-electron chi connectivity index (χ4n) is 1.22. The van der Waals surface area contributed by atoms with Crippen molar-refractivity contribution in [3.8, 4) is 0 Å². The van der Waals surface area contributed by atoms with Crippen LogP contribution in [0.5, 0.6) is 0 Å². The fraction of sp³-hybridized carbons (Fsp3) is 0.455. The maximum Gasteiger partial charge on any atom is 0.0291 e. The van der Waals surface area contributed by atoms with Crippen LogP contribution in [0.1, 0.15) is 31.9 Å². The van der Waals surface area contributed by atoms with Gasteiger partial charge in [-0.05, 0) is 25.5 Å². The second kappa shape index (κ2) is 6.93. The lowest BCUT2D eigenvalue weighted by molar-refractivity contribution is 0.571. The van der Waals surface area contributed by atoms with Gasteiger partial charge in [-0.1, -0.05) is 37.3 Å². The van der Waals surface area contributed by atoms with E-state index in [4.69, 9.17) is 0 Å². The Bertz CT molecular complexity index is 211. The molecule has 0 aliphatic carbocycles. The molecule has 1 aromatic rings. The molecule has 1 unspecified atom stereocenters. The van der Waals surface area contributed by atoms with Gasteiger partial charge in [0, 0.05) is 6.04 Å². The lowest BCUT2D eigenvalue weighted by Crippen LogP contribution is -2.18. The van der Waals surface area contributed by atoms with Crippen LogP contribution in [-0.2, 0) is 0 Å². The molecule has 1 rings (SSSR count). The first-order valence-electron chi connectivity index (χ1n) is 4.63. The minimum atomic E-state index is 0. The summed E-state index contributed by atoms with van der Waals surface area (Å²) in [6.45, 7) is 5.48. The van der Waals surface area contributed by atoms with Crippen LogP contribution in [-0.4, -0.2) is 6.54 Å². The Kier molecular flexibility index (Phi) is 6.65. The third kappa shape index (κ3) is 4.30. The van der Waals surface area contributed by atoms with Crippen molar-refractivity contribution in [1.29, 1.82) is 0 Å². The summed E-state index contributed by atoms with van der Waals surface area (Å²) in [5.74, 6) is 0. The van der Waals surface area contributed by atoms with E-state index in [9.17, 15) is 0 Å². The number of rotatable bonds is 4. The molecule has 1 atom stereocenters. The molecule has 0 saturated heterocycles. The molecule has 0 saturated carbocycles. The predicted molar refractivity (Wildman–Crippen MR) is 60.4 cm³/mol. The molecule has 1 aromatic carbocycles. The highest BCUT2D eigenvalue weighted by atomic mass is 35.5. The van der Waals surface area contributed by atoms with Gasteiger partial charge in [0.05, 0.1) is 0 Å². The van der Waals surface area contributed by atoms with Gasteiger partial charge >= 0.3 is 0 Å². The summed E-state index contributed by atoms with van der Waals surface area (Å²) >= 11 is 0. The van der Waals surface area contributed by atoms with Crippen molar-refractivity contribution < 1.29 is 0 Å². The summed E-state index contributed by atoms with van der Waals surface area (Å²) < 4.78 is 0. The van der Waals surface area contributed by atoms with E-state index in [0.717, 1.165) is 6.54 Å². The zero-order valence-electron chi connectivity index (χ0n) is 8.29. The molecule has 0 aromatic heterocycles. The summed E-state index contributed by atoms with van der Waals surface area (Å²) in [5.41, 5.74) is 1.37. The predicted octanol–water partition coefficient (Wildman–Crippen LogP) is 3.17. The molecule has 0 aliphatic rings. The van der Waals surface area contributed by atoms with E-state index in [-0.39, 0.29) is 12.4 Å². The molecule has 0 amide bonds. The molecule has 13 heavy (non-hydrogen) atoms. The number of hydrogen-bond donors (Lipinski definition) is 1. The molecule has 0 aliphatic heterocycles. The van der Waals surface area contributed by atoms with Crippen molar-refractivity contribution in [2.24, 2.45) is 0 Å². The van der Waals surface area contributed by atoms with E-state index in [0.29, 0.717) is 6.04 Å². The van der Waals surface area contributed by atoms with Gasteiger partial charge in [-0.3, -0.25) is 0 Å². The van der Waals surface area contributed by atoms with Gasteiger partial charge in [-0.2, -0.15) is 0 Å². The monoisotopic (exact) mass is 199 g/mol. The maximum absolute atomic E-state index is 3.45. The SMILES string of the molecule is CCCNC(C)c1ccccc1.Cl. The van der Waals surface area contributed by atoms with Crippen molar-refractivity contribution in [3.63, 3.8) is 0 Å². The van der Waals surface area contributed by atoms with Gasteiger partial charge in [0.15, 0.2) is 0 Å². The molecule has 1 nitrogen and oxygen atoms in total. The van der Waals surface area contributed by atoms with Gasteiger partial charge in [0.25, 0.3) is 0 Å². The van der Waals surface area contributed by atoms with Crippen LogP contribution in [0.25, 0.3) is 0 Å². The second-order valence-corrected chi connectivity index (χ2v) is 3.09. The largest absolute Gasteiger partial charge is 0.310 e. The Morgan fingerprint density at radius 1 is 1.23 bits per heavy atom. The van der Waals surface area contributed by atoms with E-state index >= 15 is 0 Å². The van der Waals surface area contributed by atoms with Crippen molar-refractivity contribution in [3.05, 3.63) is 35.9 Å². The Morgan fingerprint density at radius 3 is 2.38 bits per heavy atom. The molecule has 0 spiro atoms. The lowest BCUT2D eigenvalue weighted by atomic mass is 10.1. The summed E-state index contributed by atoms with van der Waals surface area (Å²) in [6, 6.07) is 11.0. The standard InChI is InChI=1S/C11H17N.ClH/c1-3-9-12-10(2)11-7-5-4-6-8-11;/h4-8,10,12H,3,9H2,1-2H3;1H. The number of benzene rings is 1. The van der Waals surface area contributed by atoms with E-state index in [1.807, 2.05) is 0 Å². The van der Waals surface area contributed by atoms with E-state index in [1.165, 1.54) is 12.0 Å². The average Bonchev–Trinajstić information content (AvgIpc) is 2.15. The lowest BCUT2D eigenvalue weighted by Gasteiger charge is -2.12. The normalized spacial score (nSPS) is 11.8. The van der Waals surface area contributed by atoms with Crippen LogP contribution < -0.4 is 5.32 Å². The van der Waals surface area contributed by atoms with Crippen molar-refractivity contribution in [2.45, 2.75) is 26.3 Å². The Labute approximate surface area is 87.0 Å². The second-order valence-electron chi connectivity index (χ2n) is 3.09. The maximum atomic E-state index is 3.45. The Morgan fingerprint density at radius 2 is 1.85 bits per heavy atom. The number of nitrogens with one attached hydrogen (secondary N) is 1. The quantitative estimate of drug-likeness (QED) is 0.786. The molecular formula is C11H18ClN. The molecule has 0 fully saturated rings. The summed E-state index contributed by atoms with van der Waals surface area (Å²) in [5, 5.41) is 3.45. The van der Waals surface area contributed by atoms with Crippen molar-refractivity contribution in [2.75, 3.05) is 6.54 Å². The van der Waals surface area contributed by atoms with Crippen molar-refractivity contribution in [1.82, 2.24) is 5.32 Å². The first kappa shape index (κ1) is 12.5. The molecule has 1 N–H and O–H groups in total. The minimum absolute atomic E-state index is 0. The molecule has 74 valence electrons. The highest BCUT2D eigenvalue weighted by Crippen LogP contribution is 2.10. The van der Waals surface area contributed by atoms with Crippen LogP contribution in [0, 0.1) is 0 Å². The Hall–Kier alpha value is -0.530. The van der Waals surface area contributed by atoms with Gasteiger partial charge in [0.2, 0.25) is 0 Å². The summed E-state index contributed by atoms with van der Waals surface area (Å²) in [7, 11) is 0. The first-order valence-corrected chi connectivity index (χ1v) is 4.63. The average molecular weight is 200 g/mol. The zero-order valence-corrected chi connectivity index (χ0v) is 9.10. The smallest absolute Gasteiger partial charge is 0.0291 e. The summed E-state index contributed by atoms with van der Waals surface area (Å²) in [4.78, 5) is 0. The fourth-order valence-corrected chi connectivity index (χ4v) is 1.22. The van der Waals surface area contributed by atoms with E-state index in [1.54, 1.807) is 0 Å². The molecule has 0 heterocycles. The third-order valence-electron chi connectivity index (χ3n) is 2.00. The van der Waals surface area contributed by atoms with Crippen molar-refractivity contribution >= 4 is 12.4 Å². The third-order valence-corrected chi connectivity index (χ3v) is 2.00. The van der Waals surface area contributed by atoms with Gasteiger partial charge < -0.3 is 5.32 Å². The molecule has 0 bridgehead atoms. The molecule has 0 radical (unpaired) electrons. The Balaban J connectivity index is 0.00000144. The van der Waals surface area contributed by atoms with Crippen LogP contribution in [0.4, 0.5) is 0 Å². The summed E-state index contributed by atoms with van der Waals surface area (Å²) in [6.07, 6.45) is 1.19. The van der Waals surface area contributed by atoms with Crippen LogP contribution in [0.15, 0.2) is 30.3 Å². The highest BCUT2D eigenvalue weighted by molar-refractivity contribution is 5.85. The first-order chi connectivity index (χ1) is 5.84. The van der Waals surface area contributed by atoms with E-state index in [2.05, 4.69) is 49.5 Å². The van der Waals surface area contributed by atoms with Crippen LogP contribution in [0.3, 0.4) is 0 Å². The van der Waals surface area contributed by atoms with Gasteiger partial charge in [-0.25, -0.2) is 0 Å². The molecular weight excluding hydrogens is 182 g/mol. The molecule has 2 heteroatoms. The van der Waals surface area contributed by atoms with Gasteiger partial charge in [0.1, 0.15) is 0 Å². The highest BCUT2D eigenvalue weighted by Gasteiger charge is 2.00. The van der Waals surface area contributed by atoms with Crippen LogP contribution in [0.2, 0.25) is 0 Å². The van der Waals surface area contributed by atoms with E-state index < -0.39 is 0 Å². The zero-order chi connectivity index (χ0) is 8.81. The van der Waals surface area contributed by atoms with Crippen LogP contribution >= 0.6 is 12.4 Å². The number of halogens is 1. The topological polar surface area (TPSA) is 12.0 Å².